The van der Waals surface area contributed by atoms with Crippen LogP contribution in [0.15, 0.2) is 77.7 Å². The highest BCUT2D eigenvalue weighted by molar-refractivity contribution is 5.91. The van der Waals surface area contributed by atoms with Gasteiger partial charge in [0, 0.05) is 23.9 Å². The van der Waals surface area contributed by atoms with Crippen LogP contribution in [0.2, 0.25) is 0 Å². The van der Waals surface area contributed by atoms with Crippen LogP contribution in [0.25, 0.3) is 33.3 Å². The Hall–Kier alpha value is -3.28. The van der Waals surface area contributed by atoms with Crippen LogP contribution in [0.1, 0.15) is 5.56 Å². The molecule has 5 heteroatoms. The number of rotatable bonds is 5. The molecule has 0 aliphatic heterocycles. The summed E-state index contributed by atoms with van der Waals surface area (Å²) >= 11 is 0. The number of nitrogens with zero attached hydrogens (tertiary/aromatic N) is 2. The average molecular weight is 372 g/mol. The third kappa shape index (κ3) is 3.33. The van der Waals surface area contributed by atoms with Gasteiger partial charge in [0.1, 0.15) is 0 Å². The van der Waals surface area contributed by atoms with Crippen molar-refractivity contribution in [1.82, 2.24) is 9.55 Å². The first-order valence-corrected chi connectivity index (χ1v) is 9.12. The molecule has 0 saturated carbocycles. The fourth-order valence-corrected chi connectivity index (χ4v) is 3.32. The first-order valence-electron chi connectivity index (χ1n) is 9.12. The molecule has 2 aromatic heterocycles. The summed E-state index contributed by atoms with van der Waals surface area (Å²) < 4.78 is 1.49. The minimum Gasteiger partial charge on any atom is -0.395 e. The zero-order valence-electron chi connectivity index (χ0n) is 15.2. The van der Waals surface area contributed by atoms with Crippen LogP contribution >= 0.6 is 0 Å². The molecule has 4 rings (SSSR count). The molecule has 0 spiro atoms. The minimum atomic E-state index is -0.168. The van der Waals surface area contributed by atoms with E-state index in [1.165, 1.54) is 4.57 Å². The van der Waals surface area contributed by atoms with Crippen LogP contribution < -0.4 is 5.56 Å². The summed E-state index contributed by atoms with van der Waals surface area (Å²) in [6.45, 7) is 0.140. The van der Waals surface area contributed by atoms with Gasteiger partial charge in [-0.2, -0.15) is 0 Å². The van der Waals surface area contributed by atoms with E-state index in [4.69, 9.17) is 4.98 Å². The Morgan fingerprint density at radius 1 is 0.893 bits per heavy atom. The van der Waals surface area contributed by atoms with Gasteiger partial charge in [0.25, 0.3) is 5.56 Å². The van der Waals surface area contributed by atoms with Gasteiger partial charge < -0.3 is 14.8 Å². The smallest absolute Gasteiger partial charge is 0.260 e. The van der Waals surface area contributed by atoms with Crippen molar-refractivity contribution in [1.29, 1.82) is 0 Å². The molecule has 0 saturated heterocycles. The van der Waals surface area contributed by atoms with E-state index in [0.717, 1.165) is 27.9 Å². The normalized spacial score (nSPS) is 11.1. The number of fused-ring (bicyclic) bond motifs is 1. The van der Waals surface area contributed by atoms with Crippen molar-refractivity contribution in [3.8, 4) is 22.4 Å². The van der Waals surface area contributed by atoms with Crippen LogP contribution in [0.5, 0.6) is 0 Å². The van der Waals surface area contributed by atoms with Gasteiger partial charge in [-0.05, 0) is 23.3 Å². The van der Waals surface area contributed by atoms with Crippen molar-refractivity contribution in [2.45, 2.75) is 13.2 Å². The summed E-state index contributed by atoms with van der Waals surface area (Å²) in [4.78, 5) is 17.6. The molecule has 140 valence electrons. The molecule has 2 heterocycles. The maximum Gasteiger partial charge on any atom is 0.260 e. The molecule has 0 atom stereocenters. The van der Waals surface area contributed by atoms with E-state index in [0.29, 0.717) is 10.9 Å². The van der Waals surface area contributed by atoms with E-state index >= 15 is 0 Å². The van der Waals surface area contributed by atoms with Gasteiger partial charge in [0.2, 0.25) is 0 Å². The summed E-state index contributed by atoms with van der Waals surface area (Å²) in [7, 11) is 0. The maximum absolute atomic E-state index is 12.8. The predicted octanol–water partition coefficient (Wildman–Crippen LogP) is 3.22. The van der Waals surface area contributed by atoms with Gasteiger partial charge in [0.05, 0.1) is 29.8 Å². The quantitative estimate of drug-likeness (QED) is 0.564. The molecule has 0 unspecified atom stereocenters. The first kappa shape index (κ1) is 18.1. The van der Waals surface area contributed by atoms with Crippen molar-refractivity contribution >= 4 is 10.9 Å². The standard InChI is InChI=1S/C23H20N2O3/c26-13-12-25-11-10-21-20(23(25)28)14-19(17-4-2-1-3-5-17)22(24-21)18-8-6-16(15-27)7-9-18/h1-11,14,26-27H,12-13,15H2. The maximum atomic E-state index is 12.8. The minimum absolute atomic E-state index is 0.0125. The molecule has 0 bridgehead atoms. The molecule has 4 aromatic rings. The van der Waals surface area contributed by atoms with Gasteiger partial charge in [-0.3, -0.25) is 4.79 Å². The van der Waals surface area contributed by atoms with Crippen molar-refractivity contribution in [2.24, 2.45) is 0 Å². The lowest BCUT2D eigenvalue weighted by atomic mass is 9.97. The van der Waals surface area contributed by atoms with E-state index in [2.05, 4.69) is 0 Å². The second-order valence-corrected chi connectivity index (χ2v) is 6.58. The SMILES string of the molecule is O=c1c2cc(-c3ccccc3)c(-c3ccc(CO)cc3)nc2ccn1CCO. The van der Waals surface area contributed by atoms with Crippen LogP contribution in [-0.2, 0) is 13.2 Å². The highest BCUT2D eigenvalue weighted by atomic mass is 16.3. The lowest BCUT2D eigenvalue weighted by molar-refractivity contribution is 0.274. The summed E-state index contributed by atoms with van der Waals surface area (Å²) in [5.41, 5.74) is 4.80. The van der Waals surface area contributed by atoms with Crippen molar-refractivity contribution < 1.29 is 10.2 Å². The van der Waals surface area contributed by atoms with E-state index in [1.54, 1.807) is 12.3 Å². The highest BCUT2D eigenvalue weighted by Crippen LogP contribution is 2.32. The molecule has 0 amide bonds. The Labute approximate surface area is 162 Å². The fraction of sp³-hybridized carbons (Fsp3) is 0.130. The van der Waals surface area contributed by atoms with E-state index in [9.17, 15) is 15.0 Å². The summed E-state index contributed by atoms with van der Waals surface area (Å²) in [5.74, 6) is 0. The van der Waals surface area contributed by atoms with Crippen LogP contribution in [0.3, 0.4) is 0 Å². The highest BCUT2D eigenvalue weighted by Gasteiger charge is 2.14. The van der Waals surface area contributed by atoms with Gasteiger partial charge in [-0.15, -0.1) is 0 Å². The molecule has 0 fully saturated rings. The van der Waals surface area contributed by atoms with Gasteiger partial charge in [0.15, 0.2) is 0 Å². The second kappa shape index (κ2) is 7.76. The summed E-state index contributed by atoms with van der Waals surface area (Å²) in [6.07, 6.45) is 1.66. The monoisotopic (exact) mass is 372 g/mol. The summed E-state index contributed by atoms with van der Waals surface area (Å²) in [6, 6.07) is 21.1. The Kier molecular flexibility index (Phi) is 5.02. The zero-order valence-corrected chi connectivity index (χ0v) is 15.2. The molecule has 0 aliphatic carbocycles. The molecule has 0 aliphatic rings. The number of aliphatic hydroxyl groups is 2. The Morgan fingerprint density at radius 3 is 2.32 bits per heavy atom. The lowest BCUT2D eigenvalue weighted by Gasteiger charge is -2.13. The topological polar surface area (TPSA) is 75.3 Å². The van der Waals surface area contributed by atoms with Crippen LogP contribution in [0.4, 0.5) is 0 Å². The molecule has 0 radical (unpaired) electrons. The number of aliphatic hydroxyl groups excluding tert-OH is 2. The molecule has 5 nitrogen and oxygen atoms in total. The first-order chi connectivity index (χ1) is 13.7. The van der Waals surface area contributed by atoms with Crippen molar-refractivity contribution in [3.05, 3.63) is 88.8 Å². The zero-order chi connectivity index (χ0) is 19.5. The molecule has 2 aromatic carbocycles. The third-order valence-electron chi connectivity index (χ3n) is 4.79. The lowest BCUT2D eigenvalue weighted by Crippen LogP contribution is -2.21. The number of benzene rings is 2. The van der Waals surface area contributed by atoms with Crippen molar-refractivity contribution in [3.63, 3.8) is 0 Å². The predicted molar refractivity (Wildman–Crippen MR) is 110 cm³/mol. The number of hydrogen-bond acceptors (Lipinski definition) is 4. The van der Waals surface area contributed by atoms with Crippen molar-refractivity contribution in [2.75, 3.05) is 6.61 Å². The second-order valence-electron chi connectivity index (χ2n) is 6.58. The molecular formula is C23H20N2O3. The van der Waals surface area contributed by atoms with E-state index < -0.39 is 0 Å². The largest absolute Gasteiger partial charge is 0.395 e. The average Bonchev–Trinajstić information content (AvgIpc) is 2.76. The Balaban J connectivity index is 1.99. The fourth-order valence-electron chi connectivity index (χ4n) is 3.32. The summed E-state index contributed by atoms with van der Waals surface area (Å²) in [5, 5.41) is 19.0. The Bertz CT molecular complexity index is 1170. The molecule has 28 heavy (non-hydrogen) atoms. The third-order valence-corrected chi connectivity index (χ3v) is 4.79. The van der Waals surface area contributed by atoms with Crippen LogP contribution in [-0.4, -0.2) is 26.4 Å². The number of pyridine rings is 2. The van der Waals surface area contributed by atoms with Crippen LogP contribution in [0, 0.1) is 0 Å². The molecular weight excluding hydrogens is 352 g/mol. The van der Waals surface area contributed by atoms with E-state index in [-0.39, 0.29) is 25.3 Å². The van der Waals surface area contributed by atoms with Gasteiger partial charge in [-0.1, -0.05) is 54.6 Å². The van der Waals surface area contributed by atoms with Gasteiger partial charge >= 0.3 is 0 Å². The molecule has 2 N–H and O–H groups in total. The Morgan fingerprint density at radius 2 is 1.64 bits per heavy atom. The van der Waals surface area contributed by atoms with Gasteiger partial charge in [-0.25, -0.2) is 4.98 Å². The van der Waals surface area contributed by atoms with E-state index in [1.807, 2.05) is 60.7 Å². The number of aromatic nitrogens is 2. The number of hydrogen-bond donors (Lipinski definition) is 2.